The summed E-state index contributed by atoms with van der Waals surface area (Å²) < 4.78 is 0. The highest BCUT2D eigenvalue weighted by atomic mass is 14.4. The molecule has 0 bridgehead atoms. The number of hydrogen-bond acceptors (Lipinski definition) is 0. The first-order valence-corrected chi connectivity index (χ1v) is 9.24. The summed E-state index contributed by atoms with van der Waals surface area (Å²) in [4.78, 5) is 0. The van der Waals surface area contributed by atoms with Crippen molar-refractivity contribution in [2.45, 2.75) is 90.9 Å². The summed E-state index contributed by atoms with van der Waals surface area (Å²) in [6.07, 6.45) is 21.9. The van der Waals surface area contributed by atoms with E-state index in [0.717, 1.165) is 11.8 Å². The Hall–Kier alpha value is -0.520. The number of unbranched alkanes of at least 4 members (excludes halogenated alkanes) is 4. The maximum Gasteiger partial charge on any atom is -0.0137 e. The van der Waals surface area contributed by atoms with Crippen LogP contribution in [0.3, 0.4) is 0 Å². The second-order valence-electron chi connectivity index (χ2n) is 6.84. The van der Waals surface area contributed by atoms with E-state index in [9.17, 15) is 0 Å². The lowest BCUT2D eigenvalue weighted by atomic mass is 9.83. The van der Waals surface area contributed by atoms with Gasteiger partial charge in [0.2, 0.25) is 0 Å². The second kappa shape index (κ2) is 8.70. The van der Waals surface area contributed by atoms with Crippen molar-refractivity contribution in [3.63, 3.8) is 0 Å². The van der Waals surface area contributed by atoms with Crippen LogP contribution in [-0.4, -0.2) is 0 Å². The third kappa shape index (κ3) is 4.24. The Balaban J connectivity index is 1.97. The van der Waals surface area contributed by atoms with Crippen molar-refractivity contribution in [1.82, 2.24) is 0 Å². The first-order valence-electron chi connectivity index (χ1n) is 9.24. The number of allylic oxidation sites excluding steroid dienone is 4. The van der Waals surface area contributed by atoms with Gasteiger partial charge in [-0.15, -0.1) is 0 Å². The Kier molecular flexibility index (Phi) is 6.90. The van der Waals surface area contributed by atoms with Crippen LogP contribution < -0.4 is 0 Å². The van der Waals surface area contributed by atoms with Gasteiger partial charge in [-0.05, 0) is 63.2 Å². The SMILES string of the molecule is CCCC/C=C1\CCCC1C1CCC/C1=C\CCCC. The van der Waals surface area contributed by atoms with Gasteiger partial charge < -0.3 is 0 Å². The molecule has 0 N–H and O–H groups in total. The molecular formula is C20H34. The molecule has 0 spiro atoms. The molecular weight excluding hydrogens is 240 g/mol. The molecule has 0 aromatic heterocycles. The lowest BCUT2D eigenvalue weighted by Crippen LogP contribution is -2.11. The fourth-order valence-corrected chi connectivity index (χ4v) is 4.20. The van der Waals surface area contributed by atoms with Gasteiger partial charge in [0, 0.05) is 0 Å². The fourth-order valence-electron chi connectivity index (χ4n) is 4.20. The van der Waals surface area contributed by atoms with Gasteiger partial charge in [0.05, 0.1) is 0 Å². The van der Waals surface area contributed by atoms with E-state index < -0.39 is 0 Å². The van der Waals surface area contributed by atoms with Crippen LogP contribution in [0.5, 0.6) is 0 Å². The standard InChI is InChI=1S/C20H34/c1-3-5-7-11-17-13-9-15-19(17)20-16-10-14-18(20)12-8-6-4-2/h11-12,19-20H,3-10,13-16H2,1-2H3/b17-11+,18-12+. The van der Waals surface area contributed by atoms with E-state index in [1.54, 1.807) is 0 Å². The highest BCUT2D eigenvalue weighted by Gasteiger charge is 2.33. The third-order valence-electron chi connectivity index (χ3n) is 5.33. The fraction of sp³-hybridized carbons (Fsp3) is 0.800. The van der Waals surface area contributed by atoms with Crippen molar-refractivity contribution >= 4 is 0 Å². The number of hydrogen-bond donors (Lipinski definition) is 0. The van der Waals surface area contributed by atoms with E-state index in [1.165, 1.54) is 77.0 Å². The molecule has 0 heteroatoms. The molecule has 0 saturated heterocycles. The van der Waals surface area contributed by atoms with Gasteiger partial charge in [-0.1, -0.05) is 62.8 Å². The molecule has 0 heterocycles. The maximum absolute atomic E-state index is 2.61. The summed E-state index contributed by atoms with van der Waals surface area (Å²) in [6, 6.07) is 0. The van der Waals surface area contributed by atoms with Crippen LogP contribution in [0.2, 0.25) is 0 Å². The highest BCUT2D eigenvalue weighted by molar-refractivity contribution is 5.22. The average molecular weight is 274 g/mol. The molecule has 2 aliphatic rings. The zero-order chi connectivity index (χ0) is 14.2. The summed E-state index contributed by atoms with van der Waals surface area (Å²) in [5, 5.41) is 0. The summed E-state index contributed by atoms with van der Waals surface area (Å²) in [5.74, 6) is 1.84. The molecule has 2 atom stereocenters. The summed E-state index contributed by atoms with van der Waals surface area (Å²) in [5.41, 5.74) is 3.65. The number of rotatable bonds is 7. The Morgan fingerprint density at radius 2 is 1.25 bits per heavy atom. The van der Waals surface area contributed by atoms with Gasteiger partial charge in [-0.3, -0.25) is 0 Å². The van der Waals surface area contributed by atoms with Crippen molar-refractivity contribution in [1.29, 1.82) is 0 Å². The maximum atomic E-state index is 2.61. The molecule has 0 aromatic rings. The van der Waals surface area contributed by atoms with E-state index in [4.69, 9.17) is 0 Å². The monoisotopic (exact) mass is 274 g/mol. The van der Waals surface area contributed by atoms with E-state index in [1.807, 2.05) is 11.1 Å². The van der Waals surface area contributed by atoms with Crippen LogP contribution in [0, 0.1) is 11.8 Å². The molecule has 20 heavy (non-hydrogen) atoms. The Morgan fingerprint density at radius 1 is 0.800 bits per heavy atom. The second-order valence-corrected chi connectivity index (χ2v) is 6.84. The quantitative estimate of drug-likeness (QED) is 0.353. The molecule has 2 fully saturated rings. The van der Waals surface area contributed by atoms with Gasteiger partial charge in [0.15, 0.2) is 0 Å². The van der Waals surface area contributed by atoms with Crippen LogP contribution >= 0.6 is 0 Å². The van der Waals surface area contributed by atoms with Gasteiger partial charge in [-0.25, -0.2) is 0 Å². The van der Waals surface area contributed by atoms with Crippen LogP contribution in [0.4, 0.5) is 0 Å². The van der Waals surface area contributed by atoms with Crippen LogP contribution in [0.25, 0.3) is 0 Å². The minimum atomic E-state index is 0.919. The van der Waals surface area contributed by atoms with E-state index in [-0.39, 0.29) is 0 Å². The van der Waals surface area contributed by atoms with Gasteiger partial charge in [0.1, 0.15) is 0 Å². The molecule has 114 valence electrons. The van der Waals surface area contributed by atoms with Gasteiger partial charge in [0.25, 0.3) is 0 Å². The van der Waals surface area contributed by atoms with Gasteiger partial charge >= 0.3 is 0 Å². The third-order valence-corrected chi connectivity index (χ3v) is 5.33. The topological polar surface area (TPSA) is 0 Å². The van der Waals surface area contributed by atoms with Crippen molar-refractivity contribution in [3.05, 3.63) is 23.3 Å². The molecule has 0 nitrogen and oxygen atoms in total. The summed E-state index contributed by atoms with van der Waals surface area (Å²) >= 11 is 0. The van der Waals surface area contributed by atoms with E-state index in [0.29, 0.717) is 0 Å². The van der Waals surface area contributed by atoms with Crippen molar-refractivity contribution in [2.24, 2.45) is 11.8 Å². The zero-order valence-electron chi connectivity index (χ0n) is 13.8. The zero-order valence-corrected chi connectivity index (χ0v) is 13.8. The minimum Gasteiger partial charge on any atom is -0.0850 e. The van der Waals surface area contributed by atoms with Crippen LogP contribution in [-0.2, 0) is 0 Å². The molecule has 2 unspecified atom stereocenters. The van der Waals surface area contributed by atoms with Crippen molar-refractivity contribution in [2.75, 3.05) is 0 Å². The molecule has 0 aromatic carbocycles. The Morgan fingerprint density at radius 3 is 1.65 bits per heavy atom. The molecule has 0 aliphatic heterocycles. The first kappa shape index (κ1) is 15.9. The minimum absolute atomic E-state index is 0.919. The molecule has 2 saturated carbocycles. The summed E-state index contributed by atoms with van der Waals surface area (Å²) in [7, 11) is 0. The highest BCUT2D eigenvalue weighted by Crippen LogP contribution is 2.46. The van der Waals surface area contributed by atoms with E-state index in [2.05, 4.69) is 26.0 Å². The normalized spacial score (nSPS) is 30.7. The average Bonchev–Trinajstić information content (AvgIpc) is 3.08. The van der Waals surface area contributed by atoms with Crippen molar-refractivity contribution < 1.29 is 0 Å². The Labute approximate surface area is 126 Å². The van der Waals surface area contributed by atoms with Crippen molar-refractivity contribution in [3.8, 4) is 0 Å². The Bertz CT molecular complexity index is 300. The van der Waals surface area contributed by atoms with Crippen LogP contribution in [0.15, 0.2) is 23.3 Å². The summed E-state index contributed by atoms with van der Waals surface area (Å²) in [6.45, 7) is 4.60. The molecule has 2 rings (SSSR count). The molecule has 2 aliphatic carbocycles. The molecule has 0 radical (unpaired) electrons. The lowest BCUT2D eigenvalue weighted by Gasteiger charge is -2.22. The largest absolute Gasteiger partial charge is 0.0850 e. The lowest BCUT2D eigenvalue weighted by molar-refractivity contribution is 0.446. The van der Waals surface area contributed by atoms with E-state index >= 15 is 0 Å². The predicted octanol–water partition coefficient (Wildman–Crippen LogP) is 6.82. The van der Waals surface area contributed by atoms with Crippen LogP contribution in [0.1, 0.15) is 90.9 Å². The van der Waals surface area contributed by atoms with Gasteiger partial charge in [-0.2, -0.15) is 0 Å². The first-order chi connectivity index (χ1) is 9.86. The smallest absolute Gasteiger partial charge is 0.0137 e. The molecule has 0 amide bonds. The predicted molar refractivity (Wildman–Crippen MR) is 89.9 cm³/mol.